The van der Waals surface area contributed by atoms with Crippen molar-refractivity contribution in [2.24, 2.45) is 5.92 Å². The Kier molecular flexibility index (Phi) is 9.29. The van der Waals surface area contributed by atoms with Crippen LogP contribution in [-0.4, -0.2) is 41.3 Å². The number of halogens is 1. The fraction of sp³-hybridized carbons (Fsp3) is 0.323. The van der Waals surface area contributed by atoms with Crippen molar-refractivity contribution in [2.45, 2.75) is 49.1 Å². The molecule has 1 aliphatic rings. The van der Waals surface area contributed by atoms with Gasteiger partial charge in [-0.3, -0.25) is 0 Å². The number of rotatable bonds is 11. The number of esters is 1. The molecule has 1 aliphatic carbocycles. The molecule has 1 aromatic heterocycles. The van der Waals surface area contributed by atoms with Crippen molar-refractivity contribution in [1.82, 2.24) is 15.0 Å². The first kappa shape index (κ1) is 28.1. The van der Waals surface area contributed by atoms with Crippen molar-refractivity contribution in [3.05, 3.63) is 83.0 Å². The topological polar surface area (TPSA) is 75.5 Å². The second-order valence-electron chi connectivity index (χ2n) is 9.70. The first-order chi connectivity index (χ1) is 19.5. The number of hydrogen-bond donors (Lipinski definition) is 0. The van der Waals surface area contributed by atoms with Crippen LogP contribution >= 0.6 is 23.4 Å². The van der Waals surface area contributed by atoms with Crippen LogP contribution in [0.1, 0.15) is 48.7 Å². The lowest BCUT2D eigenvalue weighted by atomic mass is 10.0. The van der Waals surface area contributed by atoms with Gasteiger partial charge in [0.1, 0.15) is 16.5 Å². The minimum Gasteiger partial charge on any atom is -0.497 e. The normalized spacial score (nSPS) is 13.4. The second-order valence-corrected chi connectivity index (χ2v) is 11.2. The fourth-order valence-electron chi connectivity index (χ4n) is 4.79. The summed E-state index contributed by atoms with van der Waals surface area (Å²) in [4.78, 5) is 13.7. The van der Waals surface area contributed by atoms with E-state index in [-0.39, 0.29) is 12.3 Å². The zero-order valence-electron chi connectivity index (χ0n) is 22.6. The van der Waals surface area contributed by atoms with Crippen LogP contribution in [0.15, 0.2) is 76.7 Å². The van der Waals surface area contributed by atoms with Crippen LogP contribution in [0.4, 0.5) is 0 Å². The maximum Gasteiger partial charge on any atom is 0.361 e. The van der Waals surface area contributed by atoms with Gasteiger partial charge in [0.2, 0.25) is 5.69 Å². The average Bonchev–Trinajstić information content (AvgIpc) is 3.64. The lowest BCUT2D eigenvalue weighted by Crippen LogP contribution is -2.09. The van der Waals surface area contributed by atoms with Crippen LogP contribution < -0.4 is 9.47 Å². The summed E-state index contributed by atoms with van der Waals surface area (Å²) in [5.74, 6) is 1.64. The summed E-state index contributed by atoms with van der Waals surface area (Å²) in [6.45, 7) is 3.14. The van der Waals surface area contributed by atoms with Gasteiger partial charge in [0.15, 0.2) is 0 Å². The smallest absolute Gasteiger partial charge is 0.361 e. The maximum atomic E-state index is 12.8. The number of hydrogen-bond acceptors (Lipinski definition) is 7. The van der Waals surface area contributed by atoms with Crippen LogP contribution in [0.2, 0.25) is 5.02 Å². The summed E-state index contributed by atoms with van der Waals surface area (Å²) >= 11 is 7.57. The minimum absolute atomic E-state index is 0.190. The third-order valence-electron chi connectivity index (χ3n) is 6.92. The van der Waals surface area contributed by atoms with E-state index in [0.29, 0.717) is 29.1 Å². The average molecular weight is 578 g/mol. The molecule has 0 amide bonds. The number of methoxy groups -OCH3 is 1. The van der Waals surface area contributed by atoms with E-state index in [9.17, 15) is 4.79 Å². The van der Waals surface area contributed by atoms with E-state index < -0.39 is 5.97 Å². The minimum atomic E-state index is -0.499. The number of ether oxygens (including phenoxy) is 3. The second kappa shape index (κ2) is 13.2. The zero-order valence-corrected chi connectivity index (χ0v) is 24.2. The van der Waals surface area contributed by atoms with Gasteiger partial charge in [0, 0.05) is 15.5 Å². The van der Waals surface area contributed by atoms with E-state index in [1.807, 2.05) is 60.7 Å². The third-order valence-corrected chi connectivity index (χ3v) is 8.26. The summed E-state index contributed by atoms with van der Waals surface area (Å²) in [5.41, 5.74) is 3.22. The number of benzene rings is 3. The third kappa shape index (κ3) is 6.80. The highest BCUT2D eigenvalue weighted by molar-refractivity contribution is 7.99. The summed E-state index contributed by atoms with van der Waals surface area (Å²) in [6.07, 6.45) is 4.92. The Bertz CT molecular complexity index is 1430. The molecule has 0 saturated heterocycles. The van der Waals surface area contributed by atoms with E-state index in [4.69, 9.17) is 25.8 Å². The molecule has 0 N–H and O–H groups in total. The van der Waals surface area contributed by atoms with Crippen molar-refractivity contribution in [3.8, 4) is 22.6 Å². The molecule has 1 fully saturated rings. The van der Waals surface area contributed by atoms with Gasteiger partial charge >= 0.3 is 5.97 Å². The lowest BCUT2D eigenvalue weighted by Gasteiger charge is -2.16. The van der Waals surface area contributed by atoms with Crippen molar-refractivity contribution >= 4 is 29.3 Å². The van der Waals surface area contributed by atoms with Gasteiger partial charge < -0.3 is 14.2 Å². The van der Waals surface area contributed by atoms with E-state index in [2.05, 4.69) is 16.4 Å². The summed E-state index contributed by atoms with van der Waals surface area (Å²) < 4.78 is 18.7. The monoisotopic (exact) mass is 577 g/mol. The Hall–Kier alpha value is -3.49. The Morgan fingerprint density at radius 1 is 1.05 bits per heavy atom. The molecule has 5 rings (SSSR count). The van der Waals surface area contributed by atoms with E-state index in [0.717, 1.165) is 33.1 Å². The highest BCUT2D eigenvalue weighted by Crippen LogP contribution is 2.39. The van der Waals surface area contributed by atoms with Crippen molar-refractivity contribution in [2.75, 3.05) is 20.3 Å². The molecular formula is C31H32ClN3O4S. The number of carbonyl (C=O) groups excluding carboxylic acids is 1. The molecule has 3 aromatic carbocycles. The number of aromatic nitrogens is 3. The summed E-state index contributed by atoms with van der Waals surface area (Å²) in [5, 5.41) is 9.80. The van der Waals surface area contributed by atoms with E-state index >= 15 is 0 Å². The van der Waals surface area contributed by atoms with Gasteiger partial charge in [-0.25, -0.2) is 9.48 Å². The van der Waals surface area contributed by atoms with Crippen LogP contribution in [0.3, 0.4) is 0 Å². The molecule has 40 heavy (non-hydrogen) atoms. The molecule has 9 heteroatoms. The SMILES string of the molecule is CCOC(=O)c1nnn(Cc2ccc(OC)cc2)c1Sc1ccc(-c2ccc(Cl)cc2)c(OCC2CCCC2)c1. The van der Waals surface area contributed by atoms with Crippen molar-refractivity contribution in [3.63, 3.8) is 0 Å². The van der Waals surface area contributed by atoms with Crippen LogP contribution in [0.25, 0.3) is 11.1 Å². The van der Waals surface area contributed by atoms with Crippen LogP contribution in [0, 0.1) is 5.92 Å². The highest BCUT2D eigenvalue weighted by Gasteiger charge is 2.23. The first-order valence-electron chi connectivity index (χ1n) is 13.5. The van der Waals surface area contributed by atoms with Gasteiger partial charge in [0.05, 0.1) is 26.9 Å². The first-order valence-corrected chi connectivity index (χ1v) is 14.7. The Morgan fingerprint density at radius 2 is 1.80 bits per heavy atom. The zero-order chi connectivity index (χ0) is 27.9. The Labute approximate surface area is 243 Å². The largest absolute Gasteiger partial charge is 0.497 e. The standard InChI is InChI=1S/C31H32ClN3O4S/c1-3-38-31(36)29-30(35(34-33-29)19-21-8-14-25(37-2)15-9-21)40-26-16-17-27(23-10-12-24(32)13-11-23)28(18-26)39-20-22-6-4-5-7-22/h8-18,22H,3-7,19-20H2,1-2H3. The predicted molar refractivity (Wildman–Crippen MR) is 157 cm³/mol. The van der Waals surface area contributed by atoms with Crippen molar-refractivity contribution in [1.29, 1.82) is 0 Å². The molecule has 0 aliphatic heterocycles. The molecule has 0 atom stereocenters. The molecule has 7 nitrogen and oxygen atoms in total. The van der Waals surface area contributed by atoms with Crippen LogP contribution in [0.5, 0.6) is 11.5 Å². The van der Waals surface area contributed by atoms with Gasteiger partial charge in [-0.05, 0) is 79.3 Å². The fourth-order valence-corrected chi connectivity index (χ4v) is 5.87. The summed E-state index contributed by atoms with van der Waals surface area (Å²) in [7, 11) is 1.64. The highest BCUT2D eigenvalue weighted by atomic mass is 35.5. The summed E-state index contributed by atoms with van der Waals surface area (Å²) in [6, 6.07) is 21.6. The molecule has 0 radical (unpaired) electrons. The molecule has 0 spiro atoms. The Morgan fingerprint density at radius 3 is 2.50 bits per heavy atom. The molecule has 0 unspecified atom stereocenters. The van der Waals surface area contributed by atoms with Crippen molar-refractivity contribution < 1.29 is 19.0 Å². The van der Waals surface area contributed by atoms with Gasteiger partial charge in [-0.2, -0.15) is 0 Å². The van der Waals surface area contributed by atoms with E-state index in [1.165, 1.54) is 37.4 Å². The molecule has 1 heterocycles. The van der Waals surface area contributed by atoms with Crippen LogP contribution in [-0.2, 0) is 11.3 Å². The number of carbonyl (C=O) groups is 1. The predicted octanol–water partition coefficient (Wildman–Crippen LogP) is 7.55. The molecular weight excluding hydrogens is 546 g/mol. The number of nitrogens with zero attached hydrogens (tertiary/aromatic N) is 3. The van der Waals surface area contributed by atoms with Gasteiger partial charge in [-0.1, -0.05) is 65.7 Å². The molecule has 0 bridgehead atoms. The van der Waals surface area contributed by atoms with Gasteiger partial charge in [0.25, 0.3) is 0 Å². The molecule has 208 valence electrons. The quantitative estimate of drug-likeness (QED) is 0.170. The molecule has 4 aromatic rings. The van der Waals surface area contributed by atoms with E-state index in [1.54, 1.807) is 18.7 Å². The Balaban J connectivity index is 1.47. The molecule has 1 saturated carbocycles. The maximum absolute atomic E-state index is 12.8. The van der Waals surface area contributed by atoms with Gasteiger partial charge in [-0.15, -0.1) is 5.10 Å². The lowest BCUT2D eigenvalue weighted by molar-refractivity contribution is 0.0515.